The average molecular weight is 478 g/mol. The first kappa shape index (κ1) is 22.5. The quantitative estimate of drug-likeness (QED) is 0.389. The number of pyridine rings is 1. The number of amides is 1. The smallest absolute Gasteiger partial charge is 0.261 e. The molecule has 0 saturated carbocycles. The molecule has 4 aromatic rings. The van der Waals surface area contributed by atoms with Crippen LogP contribution in [-0.4, -0.2) is 19.3 Å². The lowest BCUT2D eigenvalue weighted by atomic mass is 10.0. The van der Waals surface area contributed by atoms with Gasteiger partial charge in [-0.1, -0.05) is 66.2 Å². The maximum absolute atomic E-state index is 13.4. The van der Waals surface area contributed by atoms with Crippen molar-refractivity contribution in [3.8, 4) is 0 Å². The van der Waals surface area contributed by atoms with Crippen LogP contribution in [0.15, 0.2) is 108 Å². The number of rotatable bonds is 7. The van der Waals surface area contributed by atoms with E-state index in [2.05, 4.69) is 15.0 Å². The van der Waals surface area contributed by atoms with Gasteiger partial charge in [0.1, 0.15) is 0 Å². The van der Waals surface area contributed by atoms with Gasteiger partial charge < -0.3 is 5.32 Å². The second-order valence-electron chi connectivity index (χ2n) is 7.18. The molecule has 0 bridgehead atoms. The third-order valence-electron chi connectivity index (χ3n) is 4.92. The van der Waals surface area contributed by atoms with E-state index in [-0.39, 0.29) is 16.1 Å². The van der Waals surface area contributed by atoms with Crippen molar-refractivity contribution in [1.29, 1.82) is 0 Å². The second kappa shape index (κ2) is 9.85. The third-order valence-corrected chi connectivity index (χ3v) is 6.53. The molecule has 6 nitrogen and oxygen atoms in total. The molecule has 1 aromatic heterocycles. The molecule has 0 spiro atoms. The van der Waals surface area contributed by atoms with Crippen LogP contribution in [0, 0.1) is 0 Å². The zero-order valence-electron chi connectivity index (χ0n) is 17.4. The molecular formula is C25H20ClN3O3S. The number of benzene rings is 3. The Labute approximate surface area is 197 Å². The van der Waals surface area contributed by atoms with E-state index in [1.165, 1.54) is 30.3 Å². The summed E-state index contributed by atoms with van der Waals surface area (Å²) in [6.07, 6.45) is 1.65. The number of anilines is 1. The molecule has 0 radical (unpaired) electrons. The van der Waals surface area contributed by atoms with Gasteiger partial charge in [-0.25, -0.2) is 8.42 Å². The molecule has 1 heterocycles. The Hall–Kier alpha value is -3.68. The van der Waals surface area contributed by atoms with Crippen molar-refractivity contribution < 1.29 is 13.2 Å². The molecule has 1 atom stereocenters. The third kappa shape index (κ3) is 5.39. The molecule has 1 amide bonds. The van der Waals surface area contributed by atoms with Crippen molar-refractivity contribution >= 4 is 33.2 Å². The summed E-state index contributed by atoms with van der Waals surface area (Å²) in [6, 6.07) is 26.6. The number of nitrogens with one attached hydrogen (secondary N) is 2. The molecule has 33 heavy (non-hydrogen) atoms. The van der Waals surface area contributed by atoms with Gasteiger partial charge in [0.05, 0.1) is 27.9 Å². The van der Waals surface area contributed by atoms with Crippen LogP contribution in [0.5, 0.6) is 0 Å². The highest BCUT2D eigenvalue weighted by Gasteiger charge is 2.23. The number of nitrogens with zero attached hydrogens (tertiary/aromatic N) is 1. The van der Waals surface area contributed by atoms with E-state index in [9.17, 15) is 13.2 Å². The first-order valence-electron chi connectivity index (χ1n) is 10.1. The number of halogens is 1. The molecule has 0 aliphatic carbocycles. The summed E-state index contributed by atoms with van der Waals surface area (Å²) >= 11 is 6.15. The fraction of sp³-hybridized carbons (Fsp3) is 0.0400. The van der Waals surface area contributed by atoms with E-state index in [4.69, 9.17) is 11.6 Å². The highest BCUT2D eigenvalue weighted by Crippen LogP contribution is 2.26. The van der Waals surface area contributed by atoms with Gasteiger partial charge >= 0.3 is 0 Å². The summed E-state index contributed by atoms with van der Waals surface area (Å²) in [7, 11) is -3.90. The van der Waals surface area contributed by atoms with Gasteiger partial charge in [-0.2, -0.15) is 0 Å². The Morgan fingerprint density at radius 1 is 0.848 bits per heavy atom. The Bertz CT molecular complexity index is 1310. The van der Waals surface area contributed by atoms with Crippen LogP contribution in [-0.2, 0) is 10.0 Å². The number of hydrogen-bond acceptors (Lipinski definition) is 4. The SMILES string of the molecule is O=C(NC(c1ccccc1)c1ccccn1)c1cc(Cl)ccc1NS(=O)(=O)c1ccccc1. The Morgan fingerprint density at radius 3 is 2.18 bits per heavy atom. The zero-order chi connectivity index (χ0) is 23.3. The zero-order valence-corrected chi connectivity index (χ0v) is 18.9. The lowest BCUT2D eigenvalue weighted by Gasteiger charge is -2.20. The standard InChI is InChI=1S/C25H20ClN3O3S/c26-19-14-15-22(29-33(31,32)20-11-5-2-6-12-20)21(17-19)25(30)28-24(18-9-3-1-4-10-18)23-13-7-8-16-27-23/h1-17,24,29H,(H,28,30). The minimum Gasteiger partial charge on any atom is -0.339 e. The van der Waals surface area contributed by atoms with Gasteiger partial charge in [0.2, 0.25) is 0 Å². The lowest BCUT2D eigenvalue weighted by molar-refractivity contribution is 0.0943. The number of sulfonamides is 1. The molecule has 8 heteroatoms. The molecule has 166 valence electrons. The van der Waals surface area contributed by atoms with Crippen LogP contribution in [0.25, 0.3) is 0 Å². The molecule has 4 rings (SSSR count). The molecule has 0 aliphatic rings. The summed E-state index contributed by atoms with van der Waals surface area (Å²) < 4.78 is 28.2. The van der Waals surface area contributed by atoms with Crippen LogP contribution >= 0.6 is 11.6 Å². The summed E-state index contributed by atoms with van der Waals surface area (Å²) in [6.45, 7) is 0. The fourth-order valence-corrected chi connectivity index (χ4v) is 4.60. The fourth-order valence-electron chi connectivity index (χ4n) is 3.33. The minimum absolute atomic E-state index is 0.0851. The number of carbonyl (C=O) groups is 1. The first-order chi connectivity index (χ1) is 15.9. The largest absolute Gasteiger partial charge is 0.339 e. The van der Waals surface area contributed by atoms with Crippen LogP contribution < -0.4 is 10.0 Å². The van der Waals surface area contributed by atoms with Crippen molar-refractivity contribution in [3.05, 3.63) is 125 Å². The van der Waals surface area contributed by atoms with Crippen molar-refractivity contribution in [2.75, 3.05) is 4.72 Å². The topological polar surface area (TPSA) is 88.2 Å². The van der Waals surface area contributed by atoms with Gasteiger partial charge in [0.15, 0.2) is 0 Å². The van der Waals surface area contributed by atoms with Crippen molar-refractivity contribution in [2.45, 2.75) is 10.9 Å². The predicted octanol–water partition coefficient (Wildman–Crippen LogP) is 5.06. The van der Waals surface area contributed by atoms with E-state index in [1.54, 1.807) is 30.5 Å². The average Bonchev–Trinajstić information content (AvgIpc) is 2.85. The predicted molar refractivity (Wildman–Crippen MR) is 129 cm³/mol. The molecule has 3 aromatic carbocycles. The van der Waals surface area contributed by atoms with Gasteiger partial charge in [-0.3, -0.25) is 14.5 Å². The molecule has 0 saturated heterocycles. The molecule has 1 unspecified atom stereocenters. The first-order valence-corrected chi connectivity index (χ1v) is 11.9. The Kier molecular flexibility index (Phi) is 6.72. The number of aromatic nitrogens is 1. The van der Waals surface area contributed by atoms with E-state index in [0.717, 1.165) is 5.56 Å². The summed E-state index contributed by atoms with van der Waals surface area (Å²) in [5.41, 5.74) is 1.69. The molecule has 0 aliphatic heterocycles. The highest BCUT2D eigenvalue weighted by molar-refractivity contribution is 7.92. The van der Waals surface area contributed by atoms with Crippen LogP contribution in [0.3, 0.4) is 0 Å². The summed E-state index contributed by atoms with van der Waals surface area (Å²) in [4.78, 5) is 17.8. The summed E-state index contributed by atoms with van der Waals surface area (Å²) in [5.74, 6) is -0.497. The second-order valence-corrected chi connectivity index (χ2v) is 9.30. The van der Waals surface area contributed by atoms with Gasteiger partial charge in [-0.05, 0) is 48.0 Å². The van der Waals surface area contributed by atoms with Crippen LogP contribution in [0.1, 0.15) is 27.7 Å². The van der Waals surface area contributed by atoms with Crippen molar-refractivity contribution in [3.63, 3.8) is 0 Å². The normalized spacial score (nSPS) is 12.0. The van der Waals surface area contributed by atoms with Gasteiger partial charge in [0.25, 0.3) is 15.9 Å². The maximum Gasteiger partial charge on any atom is 0.261 e. The minimum atomic E-state index is -3.90. The van der Waals surface area contributed by atoms with Crippen molar-refractivity contribution in [1.82, 2.24) is 10.3 Å². The molecular weight excluding hydrogens is 458 g/mol. The maximum atomic E-state index is 13.4. The monoisotopic (exact) mass is 477 g/mol. The van der Waals surface area contributed by atoms with Crippen LogP contribution in [0.2, 0.25) is 5.02 Å². The van der Waals surface area contributed by atoms with Crippen LogP contribution in [0.4, 0.5) is 5.69 Å². The van der Waals surface area contributed by atoms with E-state index < -0.39 is 22.0 Å². The lowest BCUT2D eigenvalue weighted by Crippen LogP contribution is -2.31. The molecule has 0 fully saturated rings. The number of carbonyl (C=O) groups excluding carboxylic acids is 1. The Balaban J connectivity index is 1.68. The molecule has 2 N–H and O–H groups in total. The summed E-state index contributed by atoms with van der Waals surface area (Å²) in [5, 5.41) is 3.27. The van der Waals surface area contributed by atoms with Crippen molar-refractivity contribution in [2.24, 2.45) is 0 Å². The number of hydrogen-bond donors (Lipinski definition) is 2. The van der Waals surface area contributed by atoms with E-state index >= 15 is 0 Å². The van der Waals surface area contributed by atoms with Gasteiger partial charge in [0, 0.05) is 11.2 Å². The van der Waals surface area contributed by atoms with E-state index in [1.807, 2.05) is 42.5 Å². The Morgan fingerprint density at radius 2 is 1.52 bits per heavy atom. The van der Waals surface area contributed by atoms with E-state index in [0.29, 0.717) is 10.7 Å². The van der Waals surface area contributed by atoms with Gasteiger partial charge in [-0.15, -0.1) is 0 Å². The highest BCUT2D eigenvalue weighted by atomic mass is 35.5.